The summed E-state index contributed by atoms with van der Waals surface area (Å²) in [4.78, 5) is 114. The van der Waals surface area contributed by atoms with E-state index in [2.05, 4.69) is 48.4 Å². The maximum atomic E-state index is 14.0. The molecule has 0 saturated heterocycles. The number of rotatable bonds is 22. The number of hydrogen-bond donors (Lipinski definition) is 10. The molecular formula is C42H64N10O10. The lowest BCUT2D eigenvalue weighted by atomic mass is 9.85. The van der Waals surface area contributed by atoms with E-state index < -0.39 is 113 Å². The van der Waals surface area contributed by atoms with Crippen LogP contribution in [0.25, 0.3) is 0 Å². The third-order valence-electron chi connectivity index (χ3n) is 9.12. The Labute approximate surface area is 361 Å². The number of H-pyrrole nitrogens is 1. The molecular weight excluding hydrogens is 805 g/mol. The van der Waals surface area contributed by atoms with Crippen molar-refractivity contribution in [2.45, 2.75) is 142 Å². The summed E-state index contributed by atoms with van der Waals surface area (Å²) in [7, 11) is 0. The summed E-state index contributed by atoms with van der Waals surface area (Å²) < 4.78 is 5.49. The lowest BCUT2D eigenvalue weighted by Gasteiger charge is -2.33. The molecule has 8 atom stereocenters. The Morgan fingerprint density at radius 2 is 1.27 bits per heavy atom. The van der Waals surface area contributed by atoms with E-state index in [1.165, 1.54) is 26.4 Å². The van der Waals surface area contributed by atoms with E-state index >= 15 is 0 Å². The molecule has 0 unspecified atom stereocenters. The van der Waals surface area contributed by atoms with E-state index in [4.69, 9.17) is 16.2 Å². The molecule has 2 rings (SSSR count). The van der Waals surface area contributed by atoms with Gasteiger partial charge in [0.2, 0.25) is 41.4 Å². The van der Waals surface area contributed by atoms with E-state index in [-0.39, 0.29) is 19.3 Å². The van der Waals surface area contributed by atoms with Crippen molar-refractivity contribution >= 4 is 47.3 Å². The number of aliphatic hydroxyl groups excluding tert-OH is 1. The van der Waals surface area contributed by atoms with Crippen LogP contribution in [-0.4, -0.2) is 116 Å². The lowest BCUT2D eigenvalue weighted by molar-refractivity contribution is -0.159. The minimum absolute atomic E-state index is 0.00397. The van der Waals surface area contributed by atoms with Gasteiger partial charge in [-0.25, -0.2) is 9.78 Å². The average Bonchev–Trinajstić information content (AvgIpc) is 3.67. The van der Waals surface area contributed by atoms with Gasteiger partial charge in [0, 0.05) is 24.7 Å². The second-order valence-electron chi connectivity index (χ2n) is 17.4. The van der Waals surface area contributed by atoms with Gasteiger partial charge in [-0.05, 0) is 58.9 Å². The number of ether oxygens (including phenoxy) is 1. The van der Waals surface area contributed by atoms with Crippen molar-refractivity contribution in [1.29, 1.82) is 0 Å². The molecule has 1 aromatic carbocycles. The molecule has 2 aromatic rings. The second-order valence-corrected chi connectivity index (χ2v) is 17.4. The minimum Gasteiger partial charge on any atom is -0.458 e. The van der Waals surface area contributed by atoms with Gasteiger partial charge in [-0.15, -0.1) is 6.58 Å². The highest BCUT2D eigenvalue weighted by molar-refractivity contribution is 5.98. The molecule has 12 N–H and O–H groups in total. The molecule has 342 valence electrons. The summed E-state index contributed by atoms with van der Waals surface area (Å²) in [5.41, 5.74) is 11.1. The number of aromatic amines is 1. The fourth-order valence-corrected chi connectivity index (χ4v) is 5.82. The van der Waals surface area contributed by atoms with Gasteiger partial charge < -0.3 is 58.2 Å². The number of carbonyl (C=O) groups excluding carboxylic acids is 8. The first kappa shape index (κ1) is 52.0. The molecule has 0 aliphatic heterocycles. The van der Waals surface area contributed by atoms with Crippen LogP contribution >= 0.6 is 0 Å². The van der Waals surface area contributed by atoms with Crippen molar-refractivity contribution in [2.24, 2.45) is 16.9 Å². The number of carbonyl (C=O) groups is 8. The molecule has 20 nitrogen and oxygen atoms in total. The highest BCUT2D eigenvalue weighted by atomic mass is 16.6. The zero-order valence-electron chi connectivity index (χ0n) is 36.9. The Kier molecular flexibility index (Phi) is 19.4. The molecule has 0 saturated carbocycles. The van der Waals surface area contributed by atoms with E-state index in [0.717, 1.165) is 0 Å². The zero-order chi connectivity index (χ0) is 47.1. The van der Waals surface area contributed by atoms with Crippen LogP contribution in [0.4, 0.5) is 0 Å². The van der Waals surface area contributed by atoms with Crippen molar-refractivity contribution in [1.82, 2.24) is 41.9 Å². The SMILES string of the molecule is C=C(C)C[C@@H](NC(=O)[C@@H](NC(=O)[C@H](CC(N)=O)NC(=O)[C@H](Cc1cnc[nH]1)NC(=O)[C@H](C)NC(=O)[C@H](Cc1ccccc1)NC(=O)[C@@H](N)[C@@H](C)O)C(C)(C)C)C(=O)OC(C)(C)C. The highest BCUT2D eigenvalue weighted by Gasteiger charge is 2.39. The summed E-state index contributed by atoms with van der Waals surface area (Å²) in [5, 5.41) is 25.1. The molecule has 0 aliphatic rings. The number of nitrogens with zero attached hydrogens (tertiary/aromatic N) is 1. The lowest BCUT2D eigenvalue weighted by Crippen LogP contribution is -2.62. The van der Waals surface area contributed by atoms with Gasteiger partial charge in [-0.1, -0.05) is 56.7 Å². The van der Waals surface area contributed by atoms with E-state index in [9.17, 15) is 43.5 Å². The standard InChI is InChI=1S/C42H64N10O10/c1-22(2)16-30(40(61)62-42(8,9)10)51-39(60)33(41(5,6)7)52-37(58)29(19-31(43)54)49-36(57)28(18-26-20-45-21-46-26)48-34(55)23(3)47-35(56)27(17-25-14-12-11-13-15-25)50-38(59)32(44)24(4)53/h11-15,20-21,23-24,27-30,32-33,53H,1,16-19,44H2,2-10H3,(H2,43,54)(H,45,46)(H,47,56)(H,48,55)(H,49,57)(H,50,59)(H,51,60)(H,52,58)/t23-,24+,27-,28-,29-,30+,32-,33+/m0/s1. The number of imidazole rings is 1. The average molecular weight is 869 g/mol. The van der Waals surface area contributed by atoms with Crippen molar-refractivity contribution in [3.05, 3.63) is 66.3 Å². The summed E-state index contributed by atoms with van der Waals surface area (Å²) >= 11 is 0. The van der Waals surface area contributed by atoms with E-state index in [1.807, 2.05) is 0 Å². The summed E-state index contributed by atoms with van der Waals surface area (Å²) in [5.74, 6) is -6.81. The fraction of sp³-hybridized carbons (Fsp3) is 0.548. The predicted molar refractivity (Wildman–Crippen MR) is 228 cm³/mol. The maximum Gasteiger partial charge on any atom is 0.329 e. The first-order valence-corrected chi connectivity index (χ1v) is 20.1. The molecule has 0 radical (unpaired) electrons. The number of hydrogen-bond acceptors (Lipinski definition) is 12. The second kappa shape index (κ2) is 23.2. The van der Waals surface area contributed by atoms with Gasteiger partial charge >= 0.3 is 5.97 Å². The summed E-state index contributed by atoms with van der Waals surface area (Å²) in [6.07, 6.45) is 0.646. The molecule has 0 aliphatic carbocycles. The van der Waals surface area contributed by atoms with Crippen LogP contribution in [0.15, 0.2) is 55.0 Å². The van der Waals surface area contributed by atoms with Crippen molar-refractivity contribution in [2.75, 3.05) is 0 Å². The number of amides is 7. The van der Waals surface area contributed by atoms with Crippen LogP contribution in [0.2, 0.25) is 0 Å². The van der Waals surface area contributed by atoms with Gasteiger partial charge in [0.25, 0.3) is 0 Å². The first-order valence-electron chi connectivity index (χ1n) is 20.1. The van der Waals surface area contributed by atoms with E-state index in [0.29, 0.717) is 16.8 Å². The highest BCUT2D eigenvalue weighted by Crippen LogP contribution is 2.21. The monoisotopic (exact) mass is 868 g/mol. The molecule has 62 heavy (non-hydrogen) atoms. The third-order valence-corrected chi connectivity index (χ3v) is 9.12. The molecule has 20 heteroatoms. The summed E-state index contributed by atoms with van der Waals surface area (Å²) in [6.45, 7) is 18.1. The van der Waals surface area contributed by atoms with Crippen LogP contribution in [0.3, 0.4) is 0 Å². The van der Waals surface area contributed by atoms with Gasteiger partial charge in [-0.2, -0.15) is 0 Å². The normalized spacial score (nSPS) is 15.4. The van der Waals surface area contributed by atoms with Crippen LogP contribution in [0.5, 0.6) is 0 Å². The molecule has 0 bridgehead atoms. The molecule has 1 aromatic heterocycles. The van der Waals surface area contributed by atoms with Gasteiger partial charge in [0.1, 0.15) is 47.9 Å². The maximum absolute atomic E-state index is 14.0. The molecule has 0 spiro atoms. The Bertz CT molecular complexity index is 1890. The van der Waals surface area contributed by atoms with Crippen molar-refractivity contribution in [3.63, 3.8) is 0 Å². The number of esters is 1. The topological polar surface area (TPSA) is 319 Å². The Hall–Kier alpha value is -6.15. The molecule has 0 fully saturated rings. The Morgan fingerprint density at radius 1 is 0.742 bits per heavy atom. The number of nitrogens with two attached hydrogens (primary N) is 2. The number of nitrogens with one attached hydrogen (secondary N) is 7. The molecule has 7 amide bonds. The van der Waals surface area contributed by atoms with Crippen LogP contribution in [0, 0.1) is 5.41 Å². The van der Waals surface area contributed by atoms with Gasteiger partial charge in [0.05, 0.1) is 18.9 Å². The molecule has 1 heterocycles. The summed E-state index contributed by atoms with van der Waals surface area (Å²) in [6, 6.07) is -0.726. The number of primary amides is 1. The Balaban J connectivity index is 2.34. The van der Waals surface area contributed by atoms with E-state index in [1.54, 1.807) is 78.8 Å². The number of benzene rings is 1. The van der Waals surface area contributed by atoms with Gasteiger partial charge in [0.15, 0.2) is 0 Å². The Morgan fingerprint density at radius 3 is 1.79 bits per heavy atom. The zero-order valence-corrected chi connectivity index (χ0v) is 36.9. The third kappa shape index (κ3) is 17.8. The largest absolute Gasteiger partial charge is 0.458 e. The quantitative estimate of drug-likeness (QED) is 0.0507. The van der Waals surface area contributed by atoms with Gasteiger partial charge in [-0.3, -0.25) is 33.6 Å². The predicted octanol–water partition coefficient (Wildman–Crippen LogP) is -0.939. The smallest absolute Gasteiger partial charge is 0.329 e. The minimum atomic E-state index is -1.65. The van der Waals surface area contributed by atoms with Crippen molar-refractivity contribution in [3.8, 4) is 0 Å². The number of aromatic nitrogens is 2. The van der Waals surface area contributed by atoms with Crippen molar-refractivity contribution < 1.29 is 48.2 Å². The first-order chi connectivity index (χ1) is 28.7. The van der Waals surface area contributed by atoms with Crippen LogP contribution in [-0.2, 0) is 55.9 Å². The van der Waals surface area contributed by atoms with Crippen LogP contribution < -0.4 is 43.4 Å². The fourth-order valence-electron chi connectivity index (χ4n) is 5.82. The number of aliphatic hydroxyl groups is 1. The van der Waals surface area contributed by atoms with Crippen LogP contribution in [0.1, 0.15) is 86.4 Å².